The third-order valence-corrected chi connectivity index (χ3v) is 4.01. The van der Waals surface area contributed by atoms with Crippen molar-refractivity contribution in [3.05, 3.63) is 35.9 Å². The highest BCUT2D eigenvalue weighted by Crippen LogP contribution is 2.27. The smallest absolute Gasteiger partial charge is 0.171 e. The molecule has 0 bridgehead atoms. The van der Waals surface area contributed by atoms with E-state index in [-0.39, 0.29) is 5.60 Å². The fraction of sp³-hybridized carbons (Fsp3) is 0.556. The van der Waals surface area contributed by atoms with Gasteiger partial charge in [-0.25, -0.2) is 5.48 Å². The summed E-state index contributed by atoms with van der Waals surface area (Å²) in [6.45, 7) is 6.06. The van der Waals surface area contributed by atoms with E-state index in [0.29, 0.717) is 12.1 Å². The molecule has 2 aliphatic rings. The van der Waals surface area contributed by atoms with Crippen LogP contribution in [0.15, 0.2) is 40.3 Å². The van der Waals surface area contributed by atoms with E-state index in [1.165, 1.54) is 12.8 Å². The molecular formula is C18H25N3O. The van der Waals surface area contributed by atoms with E-state index < -0.39 is 0 Å². The van der Waals surface area contributed by atoms with Crippen LogP contribution in [0.1, 0.15) is 52.0 Å². The van der Waals surface area contributed by atoms with E-state index >= 15 is 0 Å². The summed E-state index contributed by atoms with van der Waals surface area (Å²) >= 11 is 0. The maximum atomic E-state index is 5.74. The molecule has 0 amide bonds. The number of nitrogens with one attached hydrogen (secondary N) is 1. The molecule has 1 aliphatic carbocycles. The molecule has 22 heavy (non-hydrogen) atoms. The highest BCUT2D eigenvalue weighted by atomic mass is 16.7. The van der Waals surface area contributed by atoms with Crippen LogP contribution in [0.5, 0.6) is 0 Å². The first-order valence-corrected chi connectivity index (χ1v) is 8.18. The molecule has 1 saturated carbocycles. The number of hydrogen-bond donors (Lipinski definition) is 1. The van der Waals surface area contributed by atoms with Gasteiger partial charge in [0.05, 0.1) is 17.7 Å². The molecule has 118 valence electrons. The zero-order valence-electron chi connectivity index (χ0n) is 13.7. The van der Waals surface area contributed by atoms with Gasteiger partial charge in [-0.05, 0) is 33.6 Å². The number of benzene rings is 1. The van der Waals surface area contributed by atoms with Gasteiger partial charge in [-0.2, -0.15) is 0 Å². The standard InChI is InChI=1S/C18H25N3O/c1-18(2,3)22-21-17-16(13-9-5-4-6-10-13)19-14-11-7-8-12-15(14)20-17/h4-6,9-10,14-15H,7-8,11-12H2,1-3H3,(H,20,21)/t14-,15+/m1/s1. The summed E-state index contributed by atoms with van der Waals surface area (Å²) in [5.74, 6) is 0.768. The van der Waals surface area contributed by atoms with Gasteiger partial charge < -0.3 is 0 Å². The van der Waals surface area contributed by atoms with Gasteiger partial charge in [0.1, 0.15) is 5.71 Å². The molecule has 1 aliphatic heterocycles. The quantitative estimate of drug-likeness (QED) is 0.849. The van der Waals surface area contributed by atoms with Gasteiger partial charge in [0.2, 0.25) is 0 Å². The maximum absolute atomic E-state index is 5.74. The van der Waals surface area contributed by atoms with Crippen molar-refractivity contribution in [2.75, 3.05) is 0 Å². The Morgan fingerprint density at radius 2 is 1.64 bits per heavy atom. The molecule has 0 saturated heterocycles. The minimum Gasteiger partial charge on any atom is -0.275 e. The highest BCUT2D eigenvalue weighted by Gasteiger charge is 2.31. The number of rotatable bonds is 2. The minimum absolute atomic E-state index is 0.270. The van der Waals surface area contributed by atoms with Gasteiger partial charge in [-0.15, -0.1) is 0 Å². The molecule has 4 nitrogen and oxygen atoms in total. The van der Waals surface area contributed by atoms with Gasteiger partial charge in [-0.3, -0.25) is 14.8 Å². The average Bonchev–Trinajstić information content (AvgIpc) is 2.52. The number of aliphatic imine (C=N–C) groups is 2. The predicted octanol–water partition coefficient (Wildman–Crippen LogP) is 3.52. The van der Waals surface area contributed by atoms with Crippen molar-refractivity contribution in [1.82, 2.24) is 5.48 Å². The third kappa shape index (κ3) is 3.55. The number of amidine groups is 1. The summed E-state index contributed by atoms with van der Waals surface area (Å²) in [6.07, 6.45) is 4.76. The first-order chi connectivity index (χ1) is 10.5. The van der Waals surface area contributed by atoms with Crippen molar-refractivity contribution >= 4 is 11.5 Å². The Balaban J connectivity index is 1.88. The van der Waals surface area contributed by atoms with Crippen molar-refractivity contribution < 1.29 is 4.84 Å². The molecule has 1 fully saturated rings. The van der Waals surface area contributed by atoms with E-state index in [4.69, 9.17) is 14.8 Å². The van der Waals surface area contributed by atoms with Gasteiger partial charge in [-0.1, -0.05) is 43.2 Å². The average molecular weight is 299 g/mol. The van der Waals surface area contributed by atoms with Gasteiger partial charge in [0, 0.05) is 5.56 Å². The highest BCUT2D eigenvalue weighted by molar-refractivity contribution is 6.47. The van der Waals surface area contributed by atoms with Gasteiger partial charge >= 0.3 is 0 Å². The molecule has 0 radical (unpaired) electrons. The Hall–Kier alpha value is -1.68. The Labute approximate surface area is 132 Å². The lowest BCUT2D eigenvalue weighted by atomic mass is 9.89. The zero-order chi connectivity index (χ0) is 15.6. The molecule has 2 atom stereocenters. The monoisotopic (exact) mass is 299 g/mol. The molecule has 1 N–H and O–H groups in total. The van der Waals surface area contributed by atoms with Gasteiger partial charge in [0.15, 0.2) is 5.84 Å². The van der Waals surface area contributed by atoms with Crippen LogP contribution in [0, 0.1) is 0 Å². The van der Waals surface area contributed by atoms with E-state index in [2.05, 4.69) is 17.6 Å². The van der Waals surface area contributed by atoms with Crippen LogP contribution in [-0.4, -0.2) is 29.2 Å². The molecule has 0 spiro atoms. The van der Waals surface area contributed by atoms with E-state index in [9.17, 15) is 0 Å². The van der Waals surface area contributed by atoms with Crippen LogP contribution in [0.2, 0.25) is 0 Å². The van der Waals surface area contributed by atoms with Gasteiger partial charge in [0.25, 0.3) is 0 Å². The van der Waals surface area contributed by atoms with E-state index in [1.807, 2.05) is 39.0 Å². The minimum atomic E-state index is -0.270. The van der Waals surface area contributed by atoms with Crippen molar-refractivity contribution in [1.29, 1.82) is 0 Å². The largest absolute Gasteiger partial charge is 0.275 e. The molecule has 1 heterocycles. The lowest BCUT2D eigenvalue weighted by Crippen LogP contribution is -2.44. The van der Waals surface area contributed by atoms with Crippen LogP contribution < -0.4 is 5.48 Å². The second-order valence-electron chi connectivity index (χ2n) is 7.06. The predicted molar refractivity (Wildman–Crippen MR) is 90.4 cm³/mol. The number of hydrogen-bond acceptors (Lipinski definition) is 4. The van der Waals surface area contributed by atoms with Crippen LogP contribution in [0.4, 0.5) is 0 Å². The number of nitrogens with zero attached hydrogens (tertiary/aromatic N) is 2. The molecule has 0 aromatic heterocycles. The normalized spacial score (nSPS) is 25.0. The summed E-state index contributed by atoms with van der Waals surface area (Å²) in [5.41, 5.74) is 4.81. The van der Waals surface area contributed by atoms with Crippen molar-refractivity contribution in [3.8, 4) is 0 Å². The lowest BCUT2D eigenvalue weighted by Gasteiger charge is -2.32. The van der Waals surface area contributed by atoms with Crippen LogP contribution >= 0.6 is 0 Å². The molecule has 4 heteroatoms. The molecule has 3 rings (SSSR count). The summed E-state index contributed by atoms with van der Waals surface area (Å²) in [5, 5.41) is 0. The summed E-state index contributed by atoms with van der Waals surface area (Å²) in [6, 6.07) is 10.9. The fourth-order valence-electron chi connectivity index (χ4n) is 2.93. The Morgan fingerprint density at radius 1 is 1.00 bits per heavy atom. The second kappa shape index (κ2) is 6.21. The molecule has 1 aromatic rings. The van der Waals surface area contributed by atoms with Crippen molar-refractivity contribution in [2.45, 2.75) is 64.1 Å². The zero-order valence-corrected chi connectivity index (χ0v) is 13.7. The molecular weight excluding hydrogens is 274 g/mol. The van der Waals surface area contributed by atoms with Crippen LogP contribution in [0.25, 0.3) is 0 Å². The van der Waals surface area contributed by atoms with Crippen LogP contribution in [-0.2, 0) is 4.84 Å². The summed E-state index contributed by atoms with van der Waals surface area (Å²) in [4.78, 5) is 15.7. The maximum Gasteiger partial charge on any atom is 0.171 e. The van der Waals surface area contributed by atoms with Crippen LogP contribution in [0.3, 0.4) is 0 Å². The SMILES string of the molecule is CC(C)(C)ONC1=N[C@H]2CCCC[C@H]2N=C1c1ccccc1. The Kier molecular flexibility index (Phi) is 4.30. The third-order valence-electron chi connectivity index (χ3n) is 4.01. The number of hydroxylamine groups is 1. The topological polar surface area (TPSA) is 46.0 Å². The second-order valence-corrected chi connectivity index (χ2v) is 7.06. The van der Waals surface area contributed by atoms with E-state index in [1.54, 1.807) is 0 Å². The Bertz CT molecular complexity index is 572. The summed E-state index contributed by atoms with van der Waals surface area (Å²) in [7, 11) is 0. The van der Waals surface area contributed by atoms with E-state index in [0.717, 1.165) is 30.0 Å². The van der Waals surface area contributed by atoms with Crippen molar-refractivity contribution in [3.63, 3.8) is 0 Å². The molecule has 0 unspecified atom stereocenters. The molecule has 1 aromatic carbocycles. The first-order valence-electron chi connectivity index (χ1n) is 8.18. The first kappa shape index (κ1) is 15.2. The summed E-state index contributed by atoms with van der Waals surface area (Å²) < 4.78 is 0. The number of fused-ring (bicyclic) bond motifs is 1. The Morgan fingerprint density at radius 3 is 2.27 bits per heavy atom. The van der Waals surface area contributed by atoms with Crippen molar-refractivity contribution in [2.24, 2.45) is 9.98 Å². The fourth-order valence-corrected chi connectivity index (χ4v) is 2.93. The lowest BCUT2D eigenvalue weighted by molar-refractivity contribution is -0.0418.